The molecule has 2 aromatic rings. The van der Waals surface area contributed by atoms with Crippen molar-refractivity contribution >= 4 is 17.5 Å². The number of benzene rings is 1. The SMILES string of the molecule is CC(C)OCCCNC(=O)c1cc(-n2cccc2)ccc1Cl. The zero-order valence-electron chi connectivity index (χ0n) is 12.9. The van der Waals surface area contributed by atoms with Gasteiger partial charge in [-0.3, -0.25) is 4.79 Å². The van der Waals surface area contributed by atoms with Crippen molar-refractivity contribution in [1.82, 2.24) is 9.88 Å². The topological polar surface area (TPSA) is 43.3 Å². The van der Waals surface area contributed by atoms with E-state index in [1.54, 1.807) is 12.1 Å². The lowest BCUT2D eigenvalue weighted by Gasteiger charge is -2.10. The molecule has 22 heavy (non-hydrogen) atoms. The number of hydrogen-bond acceptors (Lipinski definition) is 2. The minimum atomic E-state index is -0.163. The normalized spacial score (nSPS) is 10.9. The smallest absolute Gasteiger partial charge is 0.252 e. The van der Waals surface area contributed by atoms with Gasteiger partial charge in [0.2, 0.25) is 0 Å². The maximum atomic E-state index is 12.2. The largest absolute Gasteiger partial charge is 0.379 e. The van der Waals surface area contributed by atoms with Crippen molar-refractivity contribution in [1.29, 1.82) is 0 Å². The third kappa shape index (κ3) is 4.61. The molecule has 0 atom stereocenters. The Labute approximate surface area is 136 Å². The number of amides is 1. The molecule has 0 saturated carbocycles. The average molecular weight is 321 g/mol. The molecule has 0 aliphatic heterocycles. The maximum absolute atomic E-state index is 12.2. The molecule has 0 fully saturated rings. The summed E-state index contributed by atoms with van der Waals surface area (Å²) in [6.45, 7) is 5.18. The fraction of sp³-hybridized carbons (Fsp3) is 0.353. The molecular weight excluding hydrogens is 300 g/mol. The number of nitrogens with one attached hydrogen (secondary N) is 1. The first kappa shape index (κ1) is 16.6. The van der Waals surface area contributed by atoms with Crippen LogP contribution in [0.5, 0.6) is 0 Å². The molecule has 0 aliphatic carbocycles. The highest BCUT2D eigenvalue weighted by atomic mass is 35.5. The van der Waals surface area contributed by atoms with Crippen LogP contribution in [0.4, 0.5) is 0 Å². The second-order valence-corrected chi connectivity index (χ2v) is 5.69. The Kier molecular flexibility index (Phi) is 6.04. The van der Waals surface area contributed by atoms with Crippen molar-refractivity contribution in [3.63, 3.8) is 0 Å². The molecule has 2 rings (SSSR count). The zero-order valence-corrected chi connectivity index (χ0v) is 13.6. The van der Waals surface area contributed by atoms with E-state index >= 15 is 0 Å². The lowest BCUT2D eigenvalue weighted by molar-refractivity contribution is 0.0757. The van der Waals surface area contributed by atoms with Gasteiger partial charge < -0.3 is 14.6 Å². The molecule has 1 N–H and O–H groups in total. The van der Waals surface area contributed by atoms with Gasteiger partial charge in [0.15, 0.2) is 0 Å². The quantitative estimate of drug-likeness (QED) is 0.791. The van der Waals surface area contributed by atoms with E-state index in [-0.39, 0.29) is 12.0 Å². The van der Waals surface area contributed by atoms with Crippen molar-refractivity contribution in [2.45, 2.75) is 26.4 Å². The van der Waals surface area contributed by atoms with Crippen molar-refractivity contribution in [3.8, 4) is 5.69 Å². The van der Waals surface area contributed by atoms with Crippen LogP contribution >= 0.6 is 11.6 Å². The van der Waals surface area contributed by atoms with E-state index in [9.17, 15) is 4.79 Å². The summed E-state index contributed by atoms with van der Waals surface area (Å²) in [4.78, 5) is 12.2. The minimum Gasteiger partial charge on any atom is -0.379 e. The van der Waals surface area contributed by atoms with Gasteiger partial charge >= 0.3 is 0 Å². The molecule has 1 aromatic heterocycles. The van der Waals surface area contributed by atoms with Crippen molar-refractivity contribution in [2.24, 2.45) is 0 Å². The van der Waals surface area contributed by atoms with Crippen LogP contribution in [-0.4, -0.2) is 29.7 Å². The molecule has 0 aliphatic rings. The van der Waals surface area contributed by atoms with Crippen LogP contribution in [-0.2, 0) is 4.74 Å². The highest BCUT2D eigenvalue weighted by molar-refractivity contribution is 6.33. The van der Waals surface area contributed by atoms with E-state index in [0.717, 1.165) is 12.1 Å². The van der Waals surface area contributed by atoms with Crippen molar-refractivity contribution in [2.75, 3.05) is 13.2 Å². The highest BCUT2D eigenvalue weighted by Crippen LogP contribution is 2.20. The van der Waals surface area contributed by atoms with Gasteiger partial charge in [-0.15, -0.1) is 0 Å². The summed E-state index contributed by atoms with van der Waals surface area (Å²) in [5, 5.41) is 3.32. The van der Waals surface area contributed by atoms with E-state index in [1.807, 2.05) is 49.0 Å². The van der Waals surface area contributed by atoms with Gasteiger partial charge in [-0.1, -0.05) is 11.6 Å². The van der Waals surface area contributed by atoms with Gasteiger partial charge in [-0.2, -0.15) is 0 Å². The Morgan fingerprint density at radius 3 is 2.73 bits per heavy atom. The fourth-order valence-electron chi connectivity index (χ4n) is 2.04. The summed E-state index contributed by atoms with van der Waals surface area (Å²) in [5.74, 6) is -0.163. The van der Waals surface area contributed by atoms with Gasteiger partial charge in [0, 0.05) is 31.2 Å². The first-order valence-corrected chi connectivity index (χ1v) is 7.78. The Bertz CT molecular complexity index is 609. The molecule has 0 saturated heterocycles. The van der Waals surface area contributed by atoms with E-state index in [1.165, 1.54) is 0 Å². The maximum Gasteiger partial charge on any atom is 0.252 e. The van der Waals surface area contributed by atoms with Crippen molar-refractivity contribution < 1.29 is 9.53 Å². The second-order valence-electron chi connectivity index (χ2n) is 5.28. The van der Waals surface area contributed by atoms with E-state index in [0.29, 0.717) is 23.7 Å². The van der Waals surface area contributed by atoms with E-state index in [2.05, 4.69) is 5.32 Å². The lowest BCUT2D eigenvalue weighted by Crippen LogP contribution is -2.26. The van der Waals surface area contributed by atoms with Crippen LogP contribution in [0.15, 0.2) is 42.7 Å². The number of hydrogen-bond donors (Lipinski definition) is 1. The lowest BCUT2D eigenvalue weighted by atomic mass is 10.2. The summed E-state index contributed by atoms with van der Waals surface area (Å²) in [7, 11) is 0. The van der Waals surface area contributed by atoms with Gasteiger partial charge in [0.05, 0.1) is 16.7 Å². The van der Waals surface area contributed by atoms with E-state index < -0.39 is 0 Å². The standard InChI is InChI=1S/C17H21ClN2O2/c1-13(2)22-11-5-8-19-17(21)15-12-14(6-7-16(15)18)20-9-3-4-10-20/h3-4,6-7,9-10,12-13H,5,8,11H2,1-2H3,(H,19,21). The molecule has 1 heterocycles. The average Bonchev–Trinajstić information content (AvgIpc) is 3.01. The summed E-state index contributed by atoms with van der Waals surface area (Å²) >= 11 is 6.14. The number of nitrogens with zero attached hydrogens (tertiary/aromatic N) is 1. The Balaban J connectivity index is 1.96. The van der Waals surface area contributed by atoms with E-state index in [4.69, 9.17) is 16.3 Å². The van der Waals surface area contributed by atoms with Gasteiger partial charge in [-0.25, -0.2) is 0 Å². The summed E-state index contributed by atoms with van der Waals surface area (Å²) in [6.07, 6.45) is 4.84. The number of carbonyl (C=O) groups excluding carboxylic acids is 1. The Hall–Kier alpha value is -1.78. The van der Waals surface area contributed by atoms with Gasteiger partial charge in [-0.05, 0) is 50.6 Å². The van der Waals surface area contributed by atoms with Crippen LogP contribution in [0.2, 0.25) is 5.02 Å². The Morgan fingerprint density at radius 1 is 1.32 bits per heavy atom. The number of carbonyl (C=O) groups is 1. The van der Waals surface area contributed by atoms with Crippen LogP contribution in [0.25, 0.3) is 5.69 Å². The third-order valence-corrected chi connectivity index (χ3v) is 3.48. The first-order chi connectivity index (χ1) is 10.6. The molecule has 1 aromatic carbocycles. The molecule has 4 nitrogen and oxygen atoms in total. The molecule has 0 radical (unpaired) electrons. The number of rotatable bonds is 7. The van der Waals surface area contributed by atoms with Gasteiger partial charge in [0.25, 0.3) is 5.91 Å². The summed E-state index contributed by atoms with van der Waals surface area (Å²) in [5.41, 5.74) is 1.39. The second kappa shape index (κ2) is 8.01. The van der Waals surface area contributed by atoms with Crippen LogP contribution in [0.3, 0.4) is 0 Å². The molecule has 0 unspecified atom stereocenters. The predicted molar refractivity (Wildman–Crippen MR) is 88.8 cm³/mol. The molecule has 5 heteroatoms. The summed E-state index contributed by atoms with van der Waals surface area (Å²) < 4.78 is 7.37. The zero-order chi connectivity index (χ0) is 15.9. The summed E-state index contributed by atoms with van der Waals surface area (Å²) in [6, 6.07) is 9.29. The van der Waals surface area contributed by atoms with Crippen LogP contribution < -0.4 is 5.32 Å². The predicted octanol–water partition coefficient (Wildman–Crippen LogP) is 3.68. The third-order valence-electron chi connectivity index (χ3n) is 3.16. The van der Waals surface area contributed by atoms with Crippen LogP contribution in [0, 0.1) is 0 Å². The Morgan fingerprint density at radius 2 is 2.05 bits per heavy atom. The molecule has 1 amide bonds. The van der Waals surface area contributed by atoms with Crippen molar-refractivity contribution in [3.05, 3.63) is 53.3 Å². The number of ether oxygens (including phenoxy) is 1. The highest BCUT2D eigenvalue weighted by Gasteiger charge is 2.11. The molecule has 118 valence electrons. The molecule has 0 spiro atoms. The number of aromatic nitrogens is 1. The fourth-order valence-corrected chi connectivity index (χ4v) is 2.25. The van der Waals surface area contributed by atoms with Gasteiger partial charge in [0.1, 0.15) is 0 Å². The molecule has 0 bridgehead atoms. The molecular formula is C17H21ClN2O2. The monoisotopic (exact) mass is 320 g/mol. The van der Waals surface area contributed by atoms with Crippen LogP contribution in [0.1, 0.15) is 30.6 Å². The minimum absolute atomic E-state index is 0.163. The number of halogens is 1. The first-order valence-electron chi connectivity index (χ1n) is 7.40.